The van der Waals surface area contributed by atoms with Gasteiger partial charge in [-0.3, -0.25) is 9.59 Å². The molecule has 1 unspecified atom stereocenters. The zero-order valence-corrected chi connectivity index (χ0v) is 15.2. The SMILES string of the molecule is CC(C)NC(=O)C(NC(=O)CCc1cccc(Cl)c1)c1ccccc1. The fourth-order valence-electron chi connectivity index (χ4n) is 2.50. The molecule has 0 heterocycles. The highest BCUT2D eigenvalue weighted by atomic mass is 35.5. The lowest BCUT2D eigenvalue weighted by Gasteiger charge is -2.20. The summed E-state index contributed by atoms with van der Waals surface area (Å²) in [5.41, 5.74) is 1.75. The van der Waals surface area contributed by atoms with E-state index in [0.717, 1.165) is 11.1 Å². The first-order chi connectivity index (χ1) is 12.0. The number of halogens is 1. The van der Waals surface area contributed by atoms with E-state index in [9.17, 15) is 9.59 Å². The molecule has 0 aliphatic carbocycles. The molecule has 0 radical (unpaired) electrons. The topological polar surface area (TPSA) is 58.2 Å². The van der Waals surface area contributed by atoms with Gasteiger partial charge in [0.15, 0.2) is 0 Å². The number of amides is 2. The van der Waals surface area contributed by atoms with E-state index in [-0.39, 0.29) is 17.9 Å². The lowest BCUT2D eigenvalue weighted by molar-refractivity contribution is -0.129. The highest BCUT2D eigenvalue weighted by Crippen LogP contribution is 2.15. The number of aryl methyl sites for hydroxylation is 1. The smallest absolute Gasteiger partial charge is 0.247 e. The van der Waals surface area contributed by atoms with Crippen molar-refractivity contribution in [1.29, 1.82) is 0 Å². The first-order valence-corrected chi connectivity index (χ1v) is 8.72. The average molecular weight is 359 g/mol. The number of hydrogen-bond acceptors (Lipinski definition) is 2. The van der Waals surface area contributed by atoms with Crippen molar-refractivity contribution >= 4 is 23.4 Å². The minimum absolute atomic E-state index is 0.00192. The van der Waals surface area contributed by atoms with E-state index in [1.807, 2.05) is 62.4 Å². The molecule has 2 aromatic carbocycles. The van der Waals surface area contributed by atoms with Crippen LogP contribution in [0, 0.1) is 0 Å². The first-order valence-electron chi connectivity index (χ1n) is 8.35. The predicted molar refractivity (Wildman–Crippen MR) is 100 cm³/mol. The van der Waals surface area contributed by atoms with Gasteiger partial charge in [-0.2, -0.15) is 0 Å². The Balaban J connectivity index is 2.02. The molecule has 0 saturated heterocycles. The van der Waals surface area contributed by atoms with Crippen LogP contribution in [0.1, 0.15) is 37.4 Å². The summed E-state index contributed by atoms with van der Waals surface area (Å²) < 4.78 is 0. The van der Waals surface area contributed by atoms with Crippen molar-refractivity contribution in [1.82, 2.24) is 10.6 Å². The van der Waals surface area contributed by atoms with Crippen LogP contribution in [0.25, 0.3) is 0 Å². The van der Waals surface area contributed by atoms with Gasteiger partial charge in [-0.05, 0) is 43.5 Å². The van der Waals surface area contributed by atoms with E-state index in [2.05, 4.69) is 10.6 Å². The van der Waals surface area contributed by atoms with Gasteiger partial charge >= 0.3 is 0 Å². The number of carbonyl (C=O) groups is 2. The van der Waals surface area contributed by atoms with Gasteiger partial charge < -0.3 is 10.6 Å². The second-order valence-electron chi connectivity index (χ2n) is 6.20. The quantitative estimate of drug-likeness (QED) is 0.793. The van der Waals surface area contributed by atoms with Crippen LogP contribution in [-0.2, 0) is 16.0 Å². The monoisotopic (exact) mass is 358 g/mol. The maximum Gasteiger partial charge on any atom is 0.247 e. The number of hydrogen-bond donors (Lipinski definition) is 2. The van der Waals surface area contributed by atoms with Crippen molar-refractivity contribution in [2.24, 2.45) is 0 Å². The zero-order valence-electron chi connectivity index (χ0n) is 14.5. The third-order valence-corrected chi connectivity index (χ3v) is 3.90. The van der Waals surface area contributed by atoms with Crippen molar-refractivity contribution in [2.45, 2.75) is 38.8 Å². The standard InChI is InChI=1S/C20H23ClN2O2/c1-14(2)22-20(25)19(16-8-4-3-5-9-16)23-18(24)12-11-15-7-6-10-17(21)13-15/h3-10,13-14,19H,11-12H2,1-2H3,(H,22,25)(H,23,24). The van der Waals surface area contributed by atoms with Crippen molar-refractivity contribution in [3.05, 3.63) is 70.7 Å². The molecule has 2 N–H and O–H groups in total. The fraction of sp³-hybridized carbons (Fsp3) is 0.300. The third-order valence-electron chi connectivity index (χ3n) is 3.66. The summed E-state index contributed by atoms with van der Waals surface area (Å²) >= 11 is 5.96. The Bertz CT molecular complexity index is 717. The molecule has 2 rings (SSSR count). The normalized spacial score (nSPS) is 11.8. The molecule has 2 aromatic rings. The second-order valence-corrected chi connectivity index (χ2v) is 6.64. The minimum Gasteiger partial charge on any atom is -0.352 e. The Morgan fingerprint density at radius 1 is 1.00 bits per heavy atom. The first kappa shape index (κ1) is 19.0. The van der Waals surface area contributed by atoms with Gasteiger partial charge in [0, 0.05) is 17.5 Å². The Labute approximate surface area is 153 Å². The van der Waals surface area contributed by atoms with Crippen molar-refractivity contribution < 1.29 is 9.59 Å². The highest BCUT2D eigenvalue weighted by molar-refractivity contribution is 6.30. The van der Waals surface area contributed by atoms with E-state index >= 15 is 0 Å². The molecule has 0 aliphatic heterocycles. The van der Waals surface area contributed by atoms with E-state index < -0.39 is 6.04 Å². The lowest BCUT2D eigenvalue weighted by atomic mass is 10.0. The van der Waals surface area contributed by atoms with Crippen LogP contribution in [-0.4, -0.2) is 17.9 Å². The number of benzene rings is 2. The molecule has 132 valence electrons. The van der Waals surface area contributed by atoms with Crippen LogP contribution in [0.4, 0.5) is 0 Å². The number of rotatable bonds is 7. The molecule has 1 atom stereocenters. The van der Waals surface area contributed by atoms with Gasteiger partial charge in [0.05, 0.1) is 0 Å². The van der Waals surface area contributed by atoms with Gasteiger partial charge in [-0.15, -0.1) is 0 Å². The van der Waals surface area contributed by atoms with Gasteiger partial charge in [0.25, 0.3) is 0 Å². The van der Waals surface area contributed by atoms with E-state index in [0.29, 0.717) is 17.9 Å². The lowest BCUT2D eigenvalue weighted by Crippen LogP contribution is -2.42. The molecule has 0 aromatic heterocycles. The molecular formula is C20H23ClN2O2. The third kappa shape index (κ3) is 6.24. The molecule has 2 amide bonds. The van der Waals surface area contributed by atoms with Gasteiger partial charge in [-0.25, -0.2) is 0 Å². The molecule has 5 heteroatoms. The predicted octanol–water partition coefficient (Wildman–Crippen LogP) is 3.65. The Morgan fingerprint density at radius 2 is 1.72 bits per heavy atom. The van der Waals surface area contributed by atoms with Crippen LogP contribution in [0.5, 0.6) is 0 Å². The van der Waals surface area contributed by atoms with E-state index in [1.54, 1.807) is 6.07 Å². The Hall–Kier alpha value is -2.33. The Kier molecular flexibility index (Phi) is 7.02. The summed E-state index contributed by atoms with van der Waals surface area (Å²) in [5, 5.41) is 6.35. The van der Waals surface area contributed by atoms with Gasteiger partial charge in [0.1, 0.15) is 6.04 Å². The fourth-order valence-corrected chi connectivity index (χ4v) is 2.71. The average Bonchev–Trinajstić information content (AvgIpc) is 2.58. The molecule has 0 saturated carbocycles. The van der Waals surface area contributed by atoms with Crippen LogP contribution < -0.4 is 10.6 Å². The molecular weight excluding hydrogens is 336 g/mol. The van der Waals surface area contributed by atoms with Crippen LogP contribution >= 0.6 is 11.6 Å². The van der Waals surface area contributed by atoms with E-state index in [1.165, 1.54) is 0 Å². The van der Waals surface area contributed by atoms with Gasteiger partial charge in [0.2, 0.25) is 11.8 Å². The van der Waals surface area contributed by atoms with Crippen LogP contribution in [0.15, 0.2) is 54.6 Å². The minimum atomic E-state index is -0.699. The maximum absolute atomic E-state index is 12.5. The van der Waals surface area contributed by atoms with E-state index in [4.69, 9.17) is 11.6 Å². The Morgan fingerprint density at radius 3 is 2.36 bits per heavy atom. The summed E-state index contributed by atoms with van der Waals surface area (Å²) in [6.45, 7) is 3.78. The summed E-state index contributed by atoms with van der Waals surface area (Å²) in [7, 11) is 0. The number of nitrogens with one attached hydrogen (secondary N) is 2. The highest BCUT2D eigenvalue weighted by Gasteiger charge is 2.22. The van der Waals surface area contributed by atoms with Crippen LogP contribution in [0.3, 0.4) is 0 Å². The van der Waals surface area contributed by atoms with Crippen molar-refractivity contribution in [2.75, 3.05) is 0 Å². The van der Waals surface area contributed by atoms with Crippen LogP contribution in [0.2, 0.25) is 5.02 Å². The molecule has 0 bridgehead atoms. The summed E-state index contributed by atoms with van der Waals surface area (Å²) in [5.74, 6) is -0.384. The molecule has 0 aliphatic rings. The maximum atomic E-state index is 12.5. The molecule has 4 nitrogen and oxygen atoms in total. The zero-order chi connectivity index (χ0) is 18.2. The second kappa shape index (κ2) is 9.23. The van der Waals surface area contributed by atoms with Gasteiger partial charge in [-0.1, -0.05) is 54.1 Å². The summed E-state index contributed by atoms with van der Waals surface area (Å²) in [6, 6.07) is 16.0. The molecule has 0 spiro atoms. The largest absolute Gasteiger partial charge is 0.352 e. The summed E-state index contributed by atoms with van der Waals surface area (Å²) in [4.78, 5) is 24.8. The van der Waals surface area contributed by atoms with Crippen molar-refractivity contribution in [3.63, 3.8) is 0 Å². The molecule has 25 heavy (non-hydrogen) atoms. The molecule has 0 fully saturated rings. The summed E-state index contributed by atoms with van der Waals surface area (Å²) in [6.07, 6.45) is 0.859. The number of carbonyl (C=O) groups excluding carboxylic acids is 2. The van der Waals surface area contributed by atoms with Crippen molar-refractivity contribution in [3.8, 4) is 0 Å².